The zero-order chi connectivity index (χ0) is 8.60. The van der Waals surface area contributed by atoms with Gasteiger partial charge in [-0.15, -0.1) is 0 Å². The highest BCUT2D eigenvalue weighted by molar-refractivity contribution is 5.93. The molecule has 0 fully saturated rings. The molecule has 2 nitrogen and oxygen atoms in total. The minimum absolute atomic E-state index is 0.241. The van der Waals surface area contributed by atoms with Gasteiger partial charge in [-0.3, -0.25) is 4.79 Å². The van der Waals surface area contributed by atoms with Crippen molar-refractivity contribution in [1.82, 2.24) is 0 Å². The third-order valence-electron chi connectivity index (χ3n) is 2.84. The van der Waals surface area contributed by atoms with E-state index < -0.39 is 0 Å². The van der Waals surface area contributed by atoms with Crippen LogP contribution in [0, 0.1) is 5.41 Å². The highest BCUT2D eigenvalue weighted by Gasteiger charge is 2.37. The normalized spacial score (nSPS) is 32.8. The lowest BCUT2D eigenvalue weighted by Gasteiger charge is -2.39. The molecule has 2 rings (SSSR count). The van der Waals surface area contributed by atoms with Gasteiger partial charge in [0.15, 0.2) is 0 Å². The second-order valence-corrected chi connectivity index (χ2v) is 3.79. The predicted octanol–water partition coefficient (Wildman–Crippen LogP) is 1.53. The molecule has 64 valence electrons. The first-order valence-corrected chi connectivity index (χ1v) is 4.38. The van der Waals surface area contributed by atoms with Gasteiger partial charge in [0, 0.05) is 5.57 Å². The first-order valence-electron chi connectivity index (χ1n) is 4.38. The van der Waals surface area contributed by atoms with Gasteiger partial charge in [-0.25, -0.2) is 0 Å². The lowest BCUT2D eigenvalue weighted by molar-refractivity contribution is -0.115. The third kappa shape index (κ3) is 1.07. The van der Waals surface area contributed by atoms with Gasteiger partial charge in [0.1, 0.15) is 0 Å². The average Bonchev–Trinajstić information content (AvgIpc) is 2.01. The van der Waals surface area contributed by atoms with Crippen molar-refractivity contribution in [3.05, 3.63) is 23.8 Å². The van der Waals surface area contributed by atoms with Crippen LogP contribution in [0.4, 0.5) is 0 Å². The summed E-state index contributed by atoms with van der Waals surface area (Å²) in [4.78, 5) is 10.7. The number of nitrogens with two attached hydrogens (primary N) is 1. The van der Waals surface area contributed by atoms with Crippen molar-refractivity contribution in [2.75, 3.05) is 0 Å². The zero-order valence-corrected chi connectivity index (χ0v) is 7.05. The second kappa shape index (κ2) is 2.47. The first-order chi connectivity index (χ1) is 5.72. The Morgan fingerprint density at radius 3 is 2.75 bits per heavy atom. The smallest absolute Gasteiger partial charge is 0.244 e. The fourth-order valence-corrected chi connectivity index (χ4v) is 2.08. The van der Waals surface area contributed by atoms with Gasteiger partial charge in [-0.2, -0.15) is 0 Å². The summed E-state index contributed by atoms with van der Waals surface area (Å²) in [5, 5.41) is 0. The largest absolute Gasteiger partial charge is 0.366 e. The van der Waals surface area contributed by atoms with E-state index in [9.17, 15) is 4.79 Å². The molecule has 0 bridgehead atoms. The van der Waals surface area contributed by atoms with E-state index in [1.54, 1.807) is 0 Å². The molecule has 0 aromatic heterocycles. The molecule has 2 aliphatic rings. The lowest BCUT2D eigenvalue weighted by atomic mass is 9.64. The van der Waals surface area contributed by atoms with Crippen molar-refractivity contribution in [1.29, 1.82) is 0 Å². The summed E-state index contributed by atoms with van der Waals surface area (Å²) in [6.45, 7) is 0. The molecule has 12 heavy (non-hydrogen) atoms. The van der Waals surface area contributed by atoms with Crippen LogP contribution in [-0.4, -0.2) is 5.91 Å². The Hall–Kier alpha value is -1.05. The number of hydrogen-bond donors (Lipinski definition) is 1. The molecular weight excluding hydrogens is 150 g/mol. The van der Waals surface area contributed by atoms with E-state index in [1.165, 1.54) is 6.42 Å². The highest BCUT2D eigenvalue weighted by atomic mass is 16.1. The summed E-state index contributed by atoms with van der Waals surface area (Å²) in [6, 6.07) is 0. The van der Waals surface area contributed by atoms with Gasteiger partial charge in [0.25, 0.3) is 0 Å². The summed E-state index contributed by atoms with van der Waals surface area (Å²) in [5.74, 6) is -0.241. The molecule has 0 aromatic rings. The summed E-state index contributed by atoms with van der Waals surface area (Å²) in [6.07, 6.45) is 10.8. The fraction of sp³-hybridized carbons (Fsp3) is 0.500. The van der Waals surface area contributed by atoms with Crippen molar-refractivity contribution < 1.29 is 4.79 Å². The van der Waals surface area contributed by atoms with Crippen LogP contribution in [-0.2, 0) is 4.79 Å². The first kappa shape index (κ1) is 7.59. The number of carbonyl (C=O) groups excluding carboxylic acids is 1. The highest BCUT2D eigenvalue weighted by Crippen LogP contribution is 2.47. The maximum atomic E-state index is 10.7. The van der Waals surface area contributed by atoms with E-state index in [4.69, 9.17) is 5.73 Å². The van der Waals surface area contributed by atoms with Gasteiger partial charge in [0.2, 0.25) is 5.91 Å². The molecule has 2 heteroatoms. The van der Waals surface area contributed by atoms with Crippen LogP contribution in [0.1, 0.15) is 25.7 Å². The summed E-state index contributed by atoms with van der Waals surface area (Å²) < 4.78 is 0. The maximum absolute atomic E-state index is 10.7. The summed E-state index contributed by atoms with van der Waals surface area (Å²) >= 11 is 0. The monoisotopic (exact) mass is 163 g/mol. The molecule has 0 saturated carbocycles. The summed E-state index contributed by atoms with van der Waals surface area (Å²) in [7, 11) is 0. The maximum Gasteiger partial charge on any atom is 0.244 e. The Bertz CT molecular complexity index is 278. The standard InChI is InChI=1S/C10H13NO/c11-9(12)8-6-10(7-8)4-2-1-3-5-10/h1-2,6H,3-5,7H2,(H2,11,12). The third-order valence-corrected chi connectivity index (χ3v) is 2.84. The molecule has 0 aromatic carbocycles. The molecule has 2 aliphatic carbocycles. The fourth-order valence-electron chi connectivity index (χ4n) is 2.08. The van der Waals surface area contributed by atoms with Crippen LogP contribution in [0.5, 0.6) is 0 Å². The minimum atomic E-state index is -0.241. The molecule has 1 amide bonds. The van der Waals surface area contributed by atoms with Crippen molar-refractivity contribution in [3.63, 3.8) is 0 Å². The average molecular weight is 163 g/mol. The van der Waals surface area contributed by atoms with Crippen molar-refractivity contribution in [3.8, 4) is 0 Å². The second-order valence-electron chi connectivity index (χ2n) is 3.79. The SMILES string of the molecule is NC(=O)C1=CC2(CC=CCC2)C1. The quantitative estimate of drug-likeness (QED) is 0.585. The number of primary amides is 1. The molecule has 0 aliphatic heterocycles. The van der Waals surface area contributed by atoms with E-state index in [1.807, 2.05) is 0 Å². The van der Waals surface area contributed by atoms with Crippen LogP contribution >= 0.6 is 0 Å². The van der Waals surface area contributed by atoms with Gasteiger partial charge in [-0.05, 0) is 31.1 Å². The Morgan fingerprint density at radius 1 is 1.50 bits per heavy atom. The van der Waals surface area contributed by atoms with Gasteiger partial charge in [0.05, 0.1) is 0 Å². The lowest BCUT2D eigenvalue weighted by Crippen LogP contribution is -2.33. The molecule has 0 heterocycles. The van der Waals surface area contributed by atoms with Crippen molar-refractivity contribution in [2.45, 2.75) is 25.7 Å². The van der Waals surface area contributed by atoms with E-state index in [-0.39, 0.29) is 5.91 Å². The number of rotatable bonds is 1. The Morgan fingerprint density at radius 2 is 2.25 bits per heavy atom. The Kier molecular flexibility index (Phi) is 1.56. The topological polar surface area (TPSA) is 43.1 Å². The van der Waals surface area contributed by atoms with Gasteiger partial charge >= 0.3 is 0 Å². The predicted molar refractivity (Wildman–Crippen MR) is 47.3 cm³/mol. The molecule has 1 unspecified atom stereocenters. The van der Waals surface area contributed by atoms with Crippen LogP contribution in [0.25, 0.3) is 0 Å². The van der Waals surface area contributed by atoms with Crippen LogP contribution in [0.15, 0.2) is 23.8 Å². The van der Waals surface area contributed by atoms with E-state index in [0.29, 0.717) is 5.41 Å². The van der Waals surface area contributed by atoms with Crippen LogP contribution < -0.4 is 5.73 Å². The number of allylic oxidation sites excluding steroid dienone is 3. The summed E-state index contributed by atoms with van der Waals surface area (Å²) in [5.41, 5.74) is 6.29. The van der Waals surface area contributed by atoms with E-state index in [0.717, 1.165) is 24.8 Å². The van der Waals surface area contributed by atoms with Crippen LogP contribution in [0.3, 0.4) is 0 Å². The number of amides is 1. The molecule has 1 atom stereocenters. The van der Waals surface area contributed by atoms with Gasteiger partial charge in [-0.1, -0.05) is 18.2 Å². The van der Waals surface area contributed by atoms with Crippen molar-refractivity contribution >= 4 is 5.91 Å². The minimum Gasteiger partial charge on any atom is -0.366 e. The van der Waals surface area contributed by atoms with E-state index >= 15 is 0 Å². The van der Waals surface area contributed by atoms with Gasteiger partial charge < -0.3 is 5.73 Å². The molecule has 0 saturated heterocycles. The molecule has 1 spiro atoms. The number of carbonyl (C=O) groups is 1. The number of hydrogen-bond acceptors (Lipinski definition) is 1. The molecule has 2 N–H and O–H groups in total. The van der Waals surface area contributed by atoms with Crippen LogP contribution in [0.2, 0.25) is 0 Å². The Labute approximate surface area is 72.1 Å². The van der Waals surface area contributed by atoms with Crippen molar-refractivity contribution in [2.24, 2.45) is 11.1 Å². The molecule has 0 radical (unpaired) electrons. The zero-order valence-electron chi connectivity index (χ0n) is 7.05. The molecular formula is C10H13NO. The van der Waals surface area contributed by atoms with E-state index in [2.05, 4.69) is 18.2 Å². The Balaban J connectivity index is 2.11.